The first-order chi connectivity index (χ1) is 10.7. The Morgan fingerprint density at radius 2 is 2.17 bits per heavy atom. The van der Waals surface area contributed by atoms with E-state index in [0.29, 0.717) is 19.6 Å². The Labute approximate surface area is 133 Å². The molecule has 1 atom stereocenters. The van der Waals surface area contributed by atoms with E-state index in [2.05, 4.69) is 5.32 Å². The molecule has 7 nitrogen and oxygen atoms in total. The largest absolute Gasteiger partial charge is 0.444 e. The molecule has 0 aliphatic carbocycles. The van der Waals surface area contributed by atoms with Crippen molar-refractivity contribution in [3.05, 3.63) is 39.7 Å². The van der Waals surface area contributed by atoms with Gasteiger partial charge in [-0.25, -0.2) is 4.79 Å². The molecule has 2 rings (SSSR count). The lowest BCUT2D eigenvalue weighted by Gasteiger charge is -2.37. The van der Waals surface area contributed by atoms with Crippen LogP contribution in [0, 0.1) is 15.9 Å². The van der Waals surface area contributed by atoms with Crippen molar-refractivity contribution in [2.24, 2.45) is 0 Å². The van der Waals surface area contributed by atoms with E-state index in [1.165, 1.54) is 17.0 Å². The van der Waals surface area contributed by atoms with Crippen LogP contribution < -0.4 is 5.32 Å². The van der Waals surface area contributed by atoms with Crippen LogP contribution in [0.5, 0.6) is 0 Å². The SMILES string of the molecule is CC(C)(C)OC(=O)N1CCNCC1c1cccc([N+](=O)[O-])c1F. The standard InChI is InChI=1S/C15H20FN3O4/c1-15(2,3)23-14(20)18-8-7-17-9-12(18)10-5-4-6-11(13(10)16)19(21)22/h4-6,12,17H,7-9H2,1-3H3. The van der Waals surface area contributed by atoms with Crippen LogP contribution in [0.3, 0.4) is 0 Å². The minimum atomic E-state index is -0.917. The van der Waals surface area contributed by atoms with Crippen LogP contribution >= 0.6 is 0 Å². The van der Waals surface area contributed by atoms with E-state index in [1.807, 2.05) is 0 Å². The topological polar surface area (TPSA) is 84.7 Å². The summed E-state index contributed by atoms with van der Waals surface area (Å²) >= 11 is 0. The zero-order valence-corrected chi connectivity index (χ0v) is 13.3. The Hall–Kier alpha value is -2.22. The Bertz CT molecular complexity index is 615. The molecule has 23 heavy (non-hydrogen) atoms. The van der Waals surface area contributed by atoms with E-state index in [-0.39, 0.29) is 5.56 Å². The number of benzene rings is 1. The number of carbonyl (C=O) groups is 1. The van der Waals surface area contributed by atoms with E-state index >= 15 is 0 Å². The summed E-state index contributed by atoms with van der Waals surface area (Å²) in [4.78, 5) is 23.9. The molecule has 1 aromatic carbocycles. The molecule has 1 amide bonds. The van der Waals surface area contributed by atoms with Gasteiger partial charge < -0.3 is 10.1 Å². The fourth-order valence-electron chi connectivity index (χ4n) is 2.46. The van der Waals surface area contributed by atoms with Gasteiger partial charge in [0.1, 0.15) is 5.60 Å². The highest BCUT2D eigenvalue weighted by Crippen LogP contribution is 2.30. The van der Waals surface area contributed by atoms with Gasteiger partial charge >= 0.3 is 11.8 Å². The second-order valence-corrected chi connectivity index (χ2v) is 6.33. The van der Waals surface area contributed by atoms with Gasteiger partial charge in [-0.3, -0.25) is 15.0 Å². The van der Waals surface area contributed by atoms with Crippen molar-refractivity contribution in [2.75, 3.05) is 19.6 Å². The second-order valence-electron chi connectivity index (χ2n) is 6.33. The lowest BCUT2D eigenvalue weighted by atomic mass is 10.0. The van der Waals surface area contributed by atoms with Crippen molar-refractivity contribution in [2.45, 2.75) is 32.4 Å². The Morgan fingerprint density at radius 1 is 1.48 bits per heavy atom. The summed E-state index contributed by atoms with van der Waals surface area (Å²) in [5.41, 5.74) is -1.16. The summed E-state index contributed by atoms with van der Waals surface area (Å²) in [6.07, 6.45) is -0.560. The van der Waals surface area contributed by atoms with Gasteiger partial charge in [0.15, 0.2) is 0 Å². The zero-order valence-electron chi connectivity index (χ0n) is 13.3. The van der Waals surface area contributed by atoms with Gasteiger partial charge in [-0.1, -0.05) is 12.1 Å². The average molecular weight is 325 g/mol. The predicted octanol–water partition coefficient (Wildman–Crippen LogP) is 2.62. The van der Waals surface area contributed by atoms with Gasteiger partial charge in [-0.05, 0) is 20.8 Å². The van der Waals surface area contributed by atoms with Gasteiger partial charge in [0.05, 0.1) is 11.0 Å². The Morgan fingerprint density at radius 3 is 2.78 bits per heavy atom. The molecule has 1 N–H and O–H groups in total. The quantitative estimate of drug-likeness (QED) is 0.667. The third-order valence-electron chi connectivity index (χ3n) is 3.44. The molecule has 1 aliphatic rings. The molecular weight excluding hydrogens is 305 g/mol. The summed E-state index contributed by atoms with van der Waals surface area (Å²) in [5, 5.41) is 14.0. The first kappa shape index (κ1) is 17.1. The fourth-order valence-corrected chi connectivity index (χ4v) is 2.46. The molecule has 0 saturated carbocycles. The van der Waals surface area contributed by atoms with Crippen LogP contribution in [0.25, 0.3) is 0 Å². The van der Waals surface area contributed by atoms with E-state index in [0.717, 1.165) is 6.07 Å². The average Bonchev–Trinajstić information content (AvgIpc) is 2.45. The van der Waals surface area contributed by atoms with Crippen LogP contribution in [-0.2, 0) is 4.74 Å². The molecule has 1 saturated heterocycles. The number of amides is 1. The van der Waals surface area contributed by atoms with Gasteiger partial charge in [-0.15, -0.1) is 0 Å². The van der Waals surface area contributed by atoms with Crippen LogP contribution in [-0.4, -0.2) is 41.2 Å². The smallest absolute Gasteiger partial charge is 0.410 e. The maximum atomic E-state index is 14.4. The van der Waals surface area contributed by atoms with Crippen molar-refractivity contribution in [3.8, 4) is 0 Å². The van der Waals surface area contributed by atoms with Gasteiger partial charge in [0.25, 0.3) is 0 Å². The molecule has 0 bridgehead atoms. The molecule has 1 fully saturated rings. The molecule has 1 unspecified atom stereocenters. The van der Waals surface area contributed by atoms with E-state index in [9.17, 15) is 19.3 Å². The predicted molar refractivity (Wildman–Crippen MR) is 81.6 cm³/mol. The number of piperazine rings is 1. The molecule has 0 spiro atoms. The van der Waals surface area contributed by atoms with Crippen LogP contribution in [0.1, 0.15) is 32.4 Å². The van der Waals surface area contributed by atoms with Crippen molar-refractivity contribution in [1.82, 2.24) is 10.2 Å². The molecule has 0 aromatic heterocycles. The second kappa shape index (κ2) is 6.49. The van der Waals surface area contributed by atoms with Gasteiger partial charge in [0.2, 0.25) is 5.82 Å². The number of ether oxygens (including phenoxy) is 1. The fraction of sp³-hybridized carbons (Fsp3) is 0.533. The minimum absolute atomic E-state index is 0.109. The van der Waals surface area contributed by atoms with E-state index < -0.39 is 34.2 Å². The van der Waals surface area contributed by atoms with Crippen molar-refractivity contribution in [1.29, 1.82) is 0 Å². The Balaban J connectivity index is 2.34. The molecule has 126 valence electrons. The number of halogens is 1. The number of hydrogen-bond donors (Lipinski definition) is 1. The van der Waals surface area contributed by atoms with Gasteiger partial charge in [0, 0.05) is 31.3 Å². The normalized spacial score (nSPS) is 18.6. The maximum Gasteiger partial charge on any atom is 0.410 e. The van der Waals surface area contributed by atoms with Crippen LogP contribution in [0.4, 0.5) is 14.9 Å². The minimum Gasteiger partial charge on any atom is -0.444 e. The highest BCUT2D eigenvalue weighted by molar-refractivity contribution is 5.69. The lowest BCUT2D eigenvalue weighted by molar-refractivity contribution is -0.387. The molecule has 1 aromatic rings. The number of carbonyl (C=O) groups excluding carboxylic acids is 1. The zero-order chi connectivity index (χ0) is 17.2. The van der Waals surface area contributed by atoms with E-state index in [1.54, 1.807) is 20.8 Å². The van der Waals surface area contributed by atoms with Crippen LogP contribution in [0.15, 0.2) is 18.2 Å². The summed E-state index contributed by atoms with van der Waals surface area (Å²) < 4.78 is 19.8. The number of nitro groups is 1. The lowest BCUT2D eigenvalue weighted by Crippen LogP contribution is -2.50. The number of nitro benzene ring substituents is 1. The summed E-state index contributed by atoms with van der Waals surface area (Å²) in [6, 6.07) is 3.32. The van der Waals surface area contributed by atoms with Crippen molar-refractivity contribution in [3.63, 3.8) is 0 Å². The Kier molecular flexibility index (Phi) is 4.84. The monoisotopic (exact) mass is 325 g/mol. The number of rotatable bonds is 2. The number of nitrogens with one attached hydrogen (secondary N) is 1. The highest BCUT2D eigenvalue weighted by Gasteiger charge is 2.34. The third-order valence-corrected chi connectivity index (χ3v) is 3.44. The van der Waals surface area contributed by atoms with Crippen molar-refractivity contribution < 1.29 is 18.8 Å². The molecule has 8 heteroatoms. The number of nitrogens with zero attached hydrogens (tertiary/aromatic N) is 2. The summed E-state index contributed by atoms with van der Waals surface area (Å²) in [7, 11) is 0. The number of hydrogen-bond acceptors (Lipinski definition) is 5. The van der Waals surface area contributed by atoms with Crippen molar-refractivity contribution >= 4 is 11.8 Å². The summed E-state index contributed by atoms with van der Waals surface area (Å²) in [5.74, 6) is -0.917. The highest BCUT2D eigenvalue weighted by atomic mass is 19.1. The maximum absolute atomic E-state index is 14.4. The van der Waals surface area contributed by atoms with Gasteiger partial charge in [-0.2, -0.15) is 4.39 Å². The first-order valence-corrected chi connectivity index (χ1v) is 7.34. The molecule has 1 aliphatic heterocycles. The molecular formula is C15H20FN3O4. The summed E-state index contributed by atoms with van der Waals surface area (Å²) in [6.45, 7) is 6.42. The molecule has 1 heterocycles. The molecule has 0 radical (unpaired) electrons. The van der Waals surface area contributed by atoms with Crippen LogP contribution in [0.2, 0.25) is 0 Å². The van der Waals surface area contributed by atoms with E-state index in [4.69, 9.17) is 4.74 Å². The first-order valence-electron chi connectivity index (χ1n) is 7.34. The third kappa shape index (κ3) is 3.95.